The summed E-state index contributed by atoms with van der Waals surface area (Å²) in [4.78, 5) is 12.7. The lowest BCUT2D eigenvalue weighted by molar-refractivity contribution is -0.158. The maximum Gasteiger partial charge on any atom is 0.406 e. The second-order valence-electron chi connectivity index (χ2n) is 5.01. The van der Waals surface area contributed by atoms with Gasteiger partial charge >= 0.3 is 6.18 Å². The van der Waals surface area contributed by atoms with Crippen LogP contribution in [-0.4, -0.2) is 53.4 Å². The van der Waals surface area contributed by atoms with E-state index in [4.69, 9.17) is 0 Å². The largest absolute Gasteiger partial charge is 0.406 e. The van der Waals surface area contributed by atoms with Gasteiger partial charge in [0.1, 0.15) is 6.54 Å². The van der Waals surface area contributed by atoms with Gasteiger partial charge in [-0.05, 0) is 19.3 Å². The van der Waals surface area contributed by atoms with E-state index < -0.39 is 30.2 Å². The molecule has 19 heavy (non-hydrogen) atoms. The Bertz CT molecular complexity index is 308. The van der Waals surface area contributed by atoms with Crippen LogP contribution in [0, 0.1) is 0 Å². The summed E-state index contributed by atoms with van der Waals surface area (Å²) in [6, 6.07) is -0.630. The van der Waals surface area contributed by atoms with Gasteiger partial charge in [0, 0.05) is 12.1 Å². The van der Waals surface area contributed by atoms with Crippen molar-refractivity contribution in [3.63, 3.8) is 0 Å². The third-order valence-electron chi connectivity index (χ3n) is 3.80. The first kappa shape index (κ1) is 16.2. The number of alkyl halides is 3. The van der Waals surface area contributed by atoms with E-state index in [9.17, 15) is 23.1 Å². The molecule has 7 heteroatoms. The summed E-state index contributed by atoms with van der Waals surface area (Å²) in [6.45, 7) is 2.52. The number of rotatable bonds is 6. The smallest absolute Gasteiger partial charge is 0.394 e. The van der Waals surface area contributed by atoms with Crippen molar-refractivity contribution in [2.24, 2.45) is 0 Å². The third-order valence-corrected chi connectivity index (χ3v) is 3.80. The zero-order valence-corrected chi connectivity index (χ0v) is 11.3. The van der Waals surface area contributed by atoms with E-state index in [1.165, 1.54) is 0 Å². The van der Waals surface area contributed by atoms with Gasteiger partial charge in [-0.2, -0.15) is 13.2 Å². The van der Waals surface area contributed by atoms with Crippen molar-refractivity contribution >= 4 is 5.91 Å². The summed E-state index contributed by atoms with van der Waals surface area (Å²) in [6.07, 6.45) is -2.79. The number of halogens is 3. The number of nitrogens with zero attached hydrogens (tertiary/aromatic N) is 1. The van der Waals surface area contributed by atoms with Crippen LogP contribution in [-0.2, 0) is 4.79 Å². The molecular formula is C12H21F3N2O2. The van der Waals surface area contributed by atoms with Crippen molar-refractivity contribution < 1.29 is 23.1 Å². The fourth-order valence-electron chi connectivity index (χ4n) is 2.34. The molecule has 4 nitrogen and oxygen atoms in total. The summed E-state index contributed by atoms with van der Waals surface area (Å²) < 4.78 is 36.9. The van der Waals surface area contributed by atoms with Crippen molar-refractivity contribution in [3.05, 3.63) is 0 Å². The number of carbonyl (C=O) groups is 1. The summed E-state index contributed by atoms with van der Waals surface area (Å²) in [7, 11) is 0. The van der Waals surface area contributed by atoms with Gasteiger partial charge in [0.15, 0.2) is 0 Å². The normalized spacial score (nSPS) is 21.3. The highest BCUT2D eigenvalue weighted by atomic mass is 19.4. The first-order valence-electron chi connectivity index (χ1n) is 6.51. The first-order chi connectivity index (χ1) is 8.77. The van der Waals surface area contributed by atoms with E-state index in [0.717, 1.165) is 4.90 Å². The molecule has 1 aliphatic rings. The van der Waals surface area contributed by atoms with Crippen LogP contribution in [0.2, 0.25) is 0 Å². The average Bonchev–Trinajstić information content (AvgIpc) is 2.66. The van der Waals surface area contributed by atoms with Crippen molar-refractivity contribution in [1.29, 1.82) is 0 Å². The number of nitrogens with one attached hydrogen (secondary N) is 1. The molecule has 0 aromatic heterocycles. The summed E-state index contributed by atoms with van der Waals surface area (Å²) >= 11 is 0. The maximum absolute atomic E-state index is 12.3. The molecule has 2 N–H and O–H groups in total. The van der Waals surface area contributed by atoms with Gasteiger partial charge in [-0.15, -0.1) is 0 Å². The summed E-state index contributed by atoms with van der Waals surface area (Å²) in [5.41, 5.74) is -0.589. The molecule has 0 aromatic rings. The zero-order valence-electron chi connectivity index (χ0n) is 11.3. The molecule has 1 atom stereocenters. The highest BCUT2D eigenvalue weighted by molar-refractivity contribution is 5.84. The van der Waals surface area contributed by atoms with Crippen LogP contribution >= 0.6 is 0 Å². The van der Waals surface area contributed by atoms with Crippen molar-refractivity contribution in [2.75, 3.05) is 19.7 Å². The third kappa shape index (κ3) is 4.07. The Morgan fingerprint density at radius 2 is 1.95 bits per heavy atom. The molecule has 1 fully saturated rings. The predicted molar refractivity (Wildman–Crippen MR) is 64.6 cm³/mol. The second-order valence-corrected chi connectivity index (χ2v) is 5.01. The summed E-state index contributed by atoms with van der Waals surface area (Å²) in [5, 5.41) is 12.4. The quantitative estimate of drug-likeness (QED) is 0.772. The van der Waals surface area contributed by atoms with Gasteiger partial charge in [-0.3, -0.25) is 10.1 Å². The van der Waals surface area contributed by atoms with Gasteiger partial charge < -0.3 is 10.0 Å². The average molecular weight is 282 g/mol. The lowest BCUT2D eigenvalue weighted by atomic mass is 9.92. The van der Waals surface area contributed by atoms with Gasteiger partial charge in [-0.25, -0.2) is 0 Å². The Kier molecular flexibility index (Phi) is 5.20. The van der Waals surface area contributed by atoms with Crippen molar-refractivity contribution in [3.8, 4) is 0 Å². The molecule has 1 amide bonds. The SMILES string of the molecule is CCC(CC)(CO)N[C@@H]1CCN(CC(F)(F)F)C1=O. The van der Waals surface area contributed by atoms with E-state index in [-0.39, 0.29) is 13.2 Å². The summed E-state index contributed by atoms with van der Waals surface area (Å²) in [5.74, 6) is -0.531. The molecule has 1 rings (SSSR count). The highest BCUT2D eigenvalue weighted by Crippen LogP contribution is 2.23. The molecule has 0 radical (unpaired) electrons. The molecule has 0 bridgehead atoms. The van der Waals surface area contributed by atoms with Crippen LogP contribution in [0.15, 0.2) is 0 Å². The van der Waals surface area contributed by atoms with Crippen LogP contribution in [0.4, 0.5) is 13.2 Å². The number of likely N-dealkylation sites (tertiary alicyclic amines) is 1. The molecule has 112 valence electrons. The predicted octanol–water partition coefficient (Wildman–Crippen LogP) is 1.29. The Morgan fingerprint density at radius 3 is 2.37 bits per heavy atom. The minimum Gasteiger partial charge on any atom is -0.394 e. The van der Waals surface area contributed by atoms with Crippen LogP contribution in [0.5, 0.6) is 0 Å². The molecular weight excluding hydrogens is 261 g/mol. The molecule has 0 spiro atoms. The van der Waals surface area contributed by atoms with E-state index in [1.54, 1.807) is 0 Å². The minimum absolute atomic E-state index is 0.102. The standard InChI is InChI=1S/C12H21F3N2O2/c1-3-11(4-2,8-18)16-9-5-6-17(10(9)19)7-12(13,14)15/h9,16,18H,3-8H2,1-2H3/t9-/m1/s1. The number of carbonyl (C=O) groups excluding carboxylic acids is 1. The van der Waals surface area contributed by atoms with Gasteiger partial charge in [0.05, 0.1) is 12.6 Å². The Balaban J connectivity index is 2.65. The van der Waals surface area contributed by atoms with Crippen molar-refractivity contribution in [2.45, 2.75) is 50.9 Å². The van der Waals surface area contributed by atoms with Gasteiger partial charge in [-0.1, -0.05) is 13.8 Å². The topological polar surface area (TPSA) is 52.6 Å². The maximum atomic E-state index is 12.3. The van der Waals surface area contributed by atoms with Gasteiger partial charge in [0.25, 0.3) is 0 Å². The molecule has 1 heterocycles. The molecule has 1 aliphatic heterocycles. The number of aliphatic hydroxyl groups is 1. The highest BCUT2D eigenvalue weighted by Gasteiger charge is 2.41. The lowest BCUT2D eigenvalue weighted by Crippen LogP contribution is -2.55. The lowest BCUT2D eigenvalue weighted by Gasteiger charge is -2.33. The molecule has 0 aliphatic carbocycles. The van der Waals surface area contributed by atoms with E-state index >= 15 is 0 Å². The number of hydrogen-bond acceptors (Lipinski definition) is 3. The molecule has 0 saturated carbocycles. The number of amides is 1. The Morgan fingerprint density at radius 1 is 1.37 bits per heavy atom. The fourth-order valence-corrected chi connectivity index (χ4v) is 2.34. The first-order valence-corrected chi connectivity index (χ1v) is 6.51. The van der Waals surface area contributed by atoms with E-state index in [1.807, 2.05) is 13.8 Å². The second kappa shape index (κ2) is 6.09. The fraction of sp³-hybridized carbons (Fsp3) is 0.917. The van der Waals surface area contributed by atoms with Crippen molar-refractivity contribution in [1.82, 2.24) is 10.2 Å². The number of aliphatic hydroxyl groups excluding tert-OH is 1. The monoisotopic (exact) mass is 282 g/mol. The van der Waals surface area contributed by atoms with Crippen LogP contribution < -0.4 is 5.32 Å². The minimum atomic E-state index is -4.37. The van der Waals surface area contributed by atoms with Crippen LogP contribution in [0.25, 0.3) is 0 Å². The molecule has 0 unspecified atom stereocenters. The van der Waals surface area contributed by atoms with E-state index in [2.05, 4.69) is 5.32 Å². The van der Waals surface area contributed by atoms with Gasteiger partial charge in [0.2, 0.25) is 5.91 Å². The Labute approximate surface area is 111 Å². The van der Waals surface area contributed by atoms with Crippen LogP contribution in [0.3, 0.4) is 0 Å². The van der Waals surface area contributed by atoms with Crippen LogP contribution in [0.1, 0.15) is 33.1 Å². The molecule has 1 saturated heterocycles. The molecule has 0 aromatic carbocycles. The number of hydrogen-bond donors (Lipinski definition) is 2. The van der Waals surface area contributed by atoms with E-state index in [0.29, 0.717) is 19.3 Å². The zero-order chi connectivity index (χ0) is 14.7. The Hall–Kier alpha value is -0.820.